The Hall–Kier alpha value is -3.30. The molecule has 0 saturated heterocycles. The number of ether oxygens (including phenoxy) is 1. The molecule has 0 aliphatic carbocycles. The number of rotatable bonds is 5. The van der Waals surface area contributed by atoms with Gasteiger partial charge in [0.15, 0.2) is 5.65 Å². The lowest BCUT2D eigenvalue weighted by molar-refractivity contribution is 0.416. The second kappa shape index (κ2) is 7.26. The topological polar surface area (TPSA) is 112 Å². The Morgan fingerprint density at radius 3 is 2.72 bits per heavy atom. The van der Waals surface area contributed by atoms with Crippen molar-refractivity contribution in [2.75, 3.05) is 17.6 Å². The molecule has 0 atom stereocenters. The monoisotopic (exact) mass is 429 g/mol. The predicted molar refractivity (Wildman–Crippen MR) is 112 cm³/mol. The first-order valence-corrected chi connectivity index (χ1v) is 10.3. The van der Waals surface area contributed by atoms with Gasteiger partial charge in [0, 0.05) is 34.5 Å². The third-order valence-corrected chi connectivity index (χ3v) is 5.92. The van der Waals surface area contributed by atoms with Crippen molar-refractivity contribution in [1.82, 2.24) is 14.6 Å². The molecule has 0 aliphatic heterocycles. The Morgan fingerprint density at radius 1 is 1.14 bits per heavy atom. The average molecular weight is 430 g/mol. The summed E-state index contributed by atoms with van der Waals surface area (Å²) in [5.41, 5.74) is 8.45. The van der Waals surface area contributed by atoms with E-state index in [0.717, 1.165) is 0 Å². The van der Waals surface area contributed by atoms with Crippen LogP contribution in [0.15, 0.2) is 65.8 Å². The molecule has 3 N–H and O–H groups in total. The van der Waals surface area contributed by atoms with Crippen molar-refractivity contribution >= 4 is 38.8 Å². The van der Waals surface area contributed by atoms with E-state index in [1.54, 1.807) is 48.8 Å². The molecule has 0 bridgehead atoms. The molecule has 0 aliphatic rings. The first-order chi connectivity index (χ1) is 13.9. The minimum atomic E-state index is -3.81. The molecule has 148 valence electrons. The van der Waals surface area contributed by atoms with Crippen LogP contribution in [0.5, 0.6) is 5.75 Å². The number of aromatic nitrogens is 3. The van der Waals surface area contributed by atoms with E-state index < -0.39 is 10.0 Å². The first kappa shape index (κ1) is 19.0. The minimum absolute atomic E-state index is 0.0608. The van der Waals surface area contributed by atoms with Crippen LogP contribution in [-0.4, -0.2) is 30.1 Å². The summed E-state index contributed by atoms with van der Waals surface area (Å²) in [6, 6.07) is 12.7. The summed E-state index contributed by atoms with van der Waals surface area (Å²) in [5, 5.41) is 4.48. The van der Waals surface area contributed by atoms with Crippen molar-refractivity contribution in [3.05, 3.63) is 65.9 Å². The molecule has 0 spiro atoms. The van der Waals surface area contributed by atoms with Crippen LogP contribution in [0.2, 0.25) is 5.02 Å². The van der Waals surface area contributed by atoms with Crippen LogP contribution in [0.25, 0.3) is 16.8 Å². The van der Waals surface area contributed by atoms with Gasteiger partial charge in [-0.05, 0) is 30.3 Å². The van der Waals surface area contributed by atoms with E-state index in [2.05, 4.69) is 14.8 Å². The number of anilines is 2. The normalized spacial score (nSPS) is 11.5. The van der Waals surface area contributed by atoms with Crippen LogP contribution in [0, 0.1) is 0 Å². The third kappa shape index (κ3) is 3.57. The van der Waals surface area contributed by atoms with Crippen LogP contribution in [0.4, 0.5) is 11.5 Å². The van der Waals surface area contributed by atoms with Crippen molar-refractivity contribution in [3.63, 3.8) is 0 Å². The molecule has 0 amide bonds. The second-order valence-corrected chi connectivity index (χ2v) is 8.26. The number of benzene rings is 2. The Bertz CT molecular complexity index is 1320. The highest BCUT2D eigenvalue weighted by Crippen LogP contribution is 2.36. The van der Waals surface area contributed by atoms with Gasteiger partial charge >= 0.3 is 0 Å². The van der Waals surface area contributed by atoms with Gasteiger partial charge < -0.3 is 10.5 Å². The van der Waals surface area contributed by atoms with Crippen molar-refractivity contribution < 1.29 is 13.2 Å². The van der Waals surface area contributed by atoms with Gasteiger partial charge in [-0.2, -0.15) is 9.61 Å². The zero-order chi connectivity index (χ0) is 20.6. The molecule has 2 aromatic carbocycles. The Balaban J connectivity index is 1.72. The molecular formula is C19H16ClN5O3S. The number of nitrogen functional groups attached to an aromatic ring is 1. The third-order valence-electron chi connectivity index (χ3n) is 4.30. The highest BCUT2D eigenvalue weighted by atomic mass is 35.5. The van der Waals surface area contributed by atoms with Crippen LogP contribution in [0.3, 0.4) is 0 Å². The number of hydrogen-bond acceptors (Lipinski definition) is 6. The number of hydrogen-bond donors (Lipinski definition) is 2. The molecule has 10 heteroatoms. The Kier molecular flexibility index (Phi) is 4.77. The van der Waals surface area contributed by atoms with Crippen LogP contribution in [-0.2, 0) is 10.0 Å². The molecule has 0 unspecified atom stereocenters. The minimum Gasteiger partial charge on any atom is -0.496 e. The Morgan fingerprint density at radius 2 is 1.97 bits per heavy atom. The summed E-state index contributed by atoms with van der Waals surface area (Å²) >= 11 is 5.90. The number of methoxy groups -OCH3 is 1. The summed E-state index contributed by atoms with van der Waals surface area (Å²) in [6.07, 6.45) is 3.23. The summed E-state index contributed by atoms with van der Waals surface area (Å²) < 4.78 is 34.8. The van der Waals surface area contributed by atoms with Crippen LogP contribution < -0.4 is 15.2 Å². The summed E-state index contributed by atoms with van der Waals surface area (Å²) in [4.78, 5) is 4.39. The lowest BCUT2D eigenvalue weighted by Gasteiger charge is -2.14. The molecule has 0 fully saturated rings. The van der Waals surface area contributed by atoms with Gasteiger partial charge in [-0.15, -0.1) is 0 Å². The van der Waals surface area contributed by atoms with Gasteiger partial charge in [0.1, 0.15) is 11.6 Å². The Labute approximate surface area is 172 Å². The largest absolute Gasteiger partial charge is 0.496 e. The fraction of sp³-hybridized carbons (Fsp3) is 0.0526. The first-order valence-electron chi connectivity index (χ1n) is 8.44. The number of sulfonamides is 1. The van der Waals surface area contributed by atoms with E-state index in [1.807, 2.05) is 0 Å². The zero-order valence-corrected chi connectivity index (χ0v) is 16.8. The van der Waals surface area contributed by atoms with Crippen LogP contribution in [0.1, 0.15) is 0 Å². The van der Waals surface area contributed by atoms with Gasteiger partial charge in [0.05, 0.1) is 23.9 Å². The quantitative estimate of drug-likeness (QED) is 0.502. The number of halogens is 1. The van der Waals surface area contributed by atoms with Gasteiger partial charge in [-0.1, -0.05) is 17.7 Å². The maximum Gasteiger partial charge on any atom is 0.261 e. The summed E-state index contributed by atoms with van der Waals surface area (Å²) in [5.74, 6) is 0.821. The average Bonchev–Trinajstić information content (AvgIpc) is 3.18. The lowest BCUT2D eigenvalue weighted by atomic mass is 10.1. The maximum atomic E-state index is 12.6. The van der Waals surface area contributed by atoms with E-state index in [0.29, 0.717) is 39.1 Å². The van der Waals surface area contributed by atoms with Crippen molar-refractivity contribution in [2.45, 2.75) is 4.90 Å². The van der Waals surface area contributed by atoms with Gasteiger partial charge in [-0.3, -0.25) is 4.72 Å². The van der Waals surface area contributed by atoms with Crippen LogP contribution >= 0.6 is 11.6 Å². The molecule has 2 aromatic heterocycles. The van der Waals surface area contributed by atoms with Crippen molar-refractivity contribution in [2.24, 2.45) is 0 Å². The van der Waals surface area contributed by atoms with E-state index in [9.17, 15) is 8.42 Å². The summed E-state index contributed by atoms with van der Waals surface area (Å²) in [7, 11) is -2.32. The zero-order valence-electron chi connectivity index (χ0n) is 15.2. The molecular weight excluding hydrogens is 414 g/mol. The maximum absolute atomic E-state index is 12.6. The fourth-order valence-corrected chi connectivity index (χ4v) is 4.27. The molecule has 2 heterocycles. The van der Waals surface area contributed by atoms with E-state index in [1.165, 1.54) is 23.8 Å². The molecule has 29 heavy (non-hydrogen) atoms. The van der Waals surface area contributed by atoms with E-state index >= 15 is 0 Å². The molecule has 8 nitrogen and oxygen atoms in total. The molecule has 4 aromatic rings. The number of nitrogens with one attached hydrogen (secondary N) is 1. The molecule has 4 rings (SSSR count). The number of nitrogens with two attached hydrogens (primary N) is 1. The van der Waals surface area contributed by atoms with E-state index in [-0.39, 0.29) is 4.90 Å². The van der Waals surface area contributed by atoms with E-state index in [4.69, 9.17) is 22.1 Å². The standard InChI is InChI=1S/C19H16ClN5O3S/c1-28-17-10-13(24-29(26,27)14-4-2-3-12(20)9-14)5-6-15(17)16-11-22-18-7-8-23-25(18)19(16)21/h2-11,24H,21H2,1H3. The fourth-order valence-electron chi connectivity index (χ4n) is 2.92. The van der Waals surface area contributed by atoms with Gasteiger partial charge in [0.2, 0.25) is 0 Å². The number of fused-ring (bicyclic) bond motifs is 1. The van der Waals surface area contributed by atoms with Crippen molar-refractivity contribution in [3.8, 4) is 16.9 Å². The molecule has 0 radical (unpaired) electrons. The summed E-state index contributed by atoms with van der Waals surface area (Å²) in [6.45, 7) is 0. The SMILES string of the molecule is COc1cc(NS(=O)(=O)c2cccc(Cl)c2)ccc1-c1cnc2ccnn2c1N. The van der Waals surface area contributed by atoms with Gasteiger partial charge in [-0.25, -0.2) is 13.4 Å². The lowest BCUT2D eigenvalue weighted by Crippen LogP contribution is -2.13. The van der Waals surface area contributed by atoms with Crippen molar-refractivity contribution in [1.29, 1.82) is 0 Å². The predicted octanol–water partition coefficient (Wildman–Crippen LogP) is 3.44. The highest BCUT2D eigenvalue weighted by Gasteiger charge is 2.17. The van der Waals surface area contributed by atoms with Gasteiger partial charge in [0.25, 0.3) is 10.0 Å². The smallest absolute Gasteiger partial charge is 0.261 e. The molecule has 0 saturated carbocycles. The number of nitrogens with zero attached hydrogens (tertiary/aromatic N) is 3. The highest BCUT2D eigenvalue weighted by molar-refractivity contribution is 7.92. The second-order valence-electron chi connectivity index (χ2n) is 6.14.